The van der Waals surface area contributed by atoms with Crippen molar-refractivity contribution in [3.05, 3.63) is 17.3 Å². The van der Waals surface area contributed by atoms with Gasteiger partial charge in [0.15, 0.2) is 5.75 Å². The van der Waals surface area contributed by atoms with Crippen LogP contribution in [0.15, 0.2) is 6.20 Å². The average Bonchev–Trinajstić information content (AvgIpc) is 2.28. The molecular formula is C10H8F5NO4. The molecule has 0 fully saturated rings. The Bertz CT molecular complexity index is 503. The first-order valence-corrected chi connectivity index (χ1v) is 4.97. The van der Waals surface area contributed by atoms with Crippen LogP contribution in [0, 0.1) is 0 Å². The van der Waals surface area contributed by atoms with Gasteiger partial charge in [-0.05, 0) is 0 Å². The van der Waals surface area contributed by atoms with Gasteiger partial charge in [0.25, 0.3) is 12.3 Å². The van der Waals surface area contributed by atoms with Crippen LogP contribution in [-0.4, -0.2) is 29.5 Å². The summed E-state index contributed by atoms with van der Waals surface area (Å²) in [5.41, 5.74) is -1.80. The normalized spacial score (nSPS) is 11.6. The van der Waals surface area contributed by atoms with E-state index in [1.807, 2.05) is 0 Å². The Hall–Kier alpha value is -2.13. The van der Waals surface area contributed by atoms with Gasteiger partial charge in [-0.1, -0.05) is 0 Å². The number of alkyl halides is 5. The van der Waals surface area contributed by atoms with Crippen LogP contribution in [0.4, 0.5) is 22.0 Å². The lowest BCUT2D eigenvalue weighted by molar-refractivity contribution is -0.275. The third-order valence-electron chi connectivity index (χ3n) is 2.11. The summed E-state index contributed by atoms with van der Waals surface area (Å²) in [4.78, 5) is 13.9. The molecule has 0 radical (unpaired) electrons. The monoisotopic (exact) mass is 301 g/mol. The van der Waals surface area contributed by atoms with E-state index in [0.29, 0.717) is 6.20 Å². The average molecular weight is 301 g/mol. The summed E-state index contributed by atoms with van der Waals surface area (Å²) in [7, 11) is 0.943. The molecule has 0 bridgehead atoms. The highest BCUT2D eigenvalue weighted by molar-refractivity contribution is 5.72. The highest BCUT2D eigenvalue weighted by Crippen LogP contribution is 2.38. The van der Waals surface area contributed by atoms with E-state index in [9.17, 15) is 26.7 Å². The minimum Gasteiger partial charge on any atom is -0.481 e. The quantitative estimate of drug-likeness (QED) is 0.846. The minimum atomic E-state index is -5.21. The van der Waals surface area contributed by atoms with Crippen LogP contribution < -0.4 is 9.47 Å². The maximum Gasteiger partial charge on any atom is 0.573 e. The molecule has 0 saturated carbocycles. The number of carboxylic acids is 1. The van der Waals surface area contributed by atoms with E-state index >= 15 is 0 Å². The summed E-state index contributed by atoms with van der Waals surface area (Å²) in [6.07, 6.45) is -8.96. The zero-order chi connectivity index (χ0) is 15.5. The van der Waals surface area contributed by atoms with Gasteiger partial charge in [-0.3, -0.25) is 4.79 Å². The van der Waals surface area contributed by atoms with E-state index < -0.39 is 47.9 Å². The lowest BCUT2D eigenvalue weighted by Crippen LogP contribution is -2.20. The third-order valence-corrected chi connectivity index (χ3v) is 2.11. The fraction of sp³-hybridized carbons (Fsp3) is 0.400. The molecule has 0 aliphatic rings. The topological polar surface area (TPSA) is 68.7 Å². The number of halogens is 5. The predicted molar refractivity (Wildman–Crippen MR) is 53.8 cm³/mol. The molecule has 5 nitrogen and oxygen atoms in total. The number of rotatable bonds is 5. The second kappa shape index (κ2) is 5.88. The Morgan fingerprint density at radius 2 is 2.05 bits per heavy atom. The van der Waals surface area contributed by atoms with Gasteiger partial charge in [0.2, 0.25) is 0 Å². The number of pyridine rings is 1. The SMILES string of the molecule is COc1ncc(C(F)F)c(CC(=O)O)c1OC(F)(F)F. The molecule has 0 aliphatic carbocycles. The first kappa shape index (κ1) is 15.9. The number of hydrogen-bond acceptors (Lipinski definition) is 4. The Kier molecular flexibility index (Phi) is 4.69. The van der Waals surface area contributed by atoms with E-state index in [4.69, 9.17) is 5.11 Å². The number of carbonyl (C=O) groups is 1. The van der Waals surface area contributed by atoms with Gasteiger partial charge in [0, 0.05) is 17.3 Å². The molecule has 0 amide bonds. The molecule has 1 N–H and O–H groups in total. The molecule has 1 rings (SSSR count). The molecule has 1 aromatic rings. The number of aromatic nitrogens is 1. The van der Waals surface area contributed by atoms with Crippen molar-refractivity contribution < 1.29 is 41.3 Å². The lowest BCUT2D eigenvalue weighted by Gasteiger charge is -2.17. The zero-order valence-electron chi connectivity index (χ0n) is 9.87. The Labute approximate surface area is 108 Å². The third kappa shape index (κ3) is 3.93. The van der Waals surface area contributed by atoms with Crippen molar-refractivity contribution in [2.24, 2.45) is 0 Å². The van der Waals surface area contributed by atoms with Crippen molar-refractivity contribution in [3.63, 3.8) is 0 Å². The summed E-state index contributed by atoms with van der Waals surface area (Å²) in [6, 6.07) is 0. The summed E-state index contributed by atoms with van der Waals surface area (Å²) in [5, 5.41) is 8.62. The first-order chi connectivity index (χ1) is 9.15. The minimum absolute atomic E-state index is 0.547. The van der Waals surface area contributed by atoms with Gasteiger partial charge < -0.3 is 14.6 Å². The van der Waals surface area contributed by atoms with Crippen molar-refractivity contribution in [1.82, 2.24) is 4.98 Å². The molecule has 0 spiro atoms. The molecule has 0 aliphatic heterocycles. The summed E-state index contributed by atoms with van der Waals surface area (Å²) >= 11 is 0. The molecule has 0 aromatic carbocycles. The van der Waals surface area contributed by atoms with E-state index in [2.05, 4.69) is 14.5 Å². The number of ether oxygens (including phenoxy) is 2. The molecule has 0 saturated heterocycles. The number of hydrogen-bond donors (Lipinski definition) is 1. The molecule has 10 heteroatoms. The molecule has 1 heterocycles. The van der Waals surface area contributed by atoms with Crippen LogP contribution in [0.2, 0.25) is 0 Å². The highest BCUT2D eigenvalue weighted by Gasteiger charge is 2.36. The van der Waals surface area contributed by atoms with Crippen molar-refractivity contribution >= 4 is 5.97 Å². The molecule has 20 heavy (non-hydrogen) atoms. The van der Waals surface area contributed by atoms with Crippen LogP contribution in [-0.2, 0) is 11.2 Å². The van der Waals surface area contributed by atoms with E-state index in [1.165, 1.54) is 0 Å². The van der Waals surface area contributed by atoms with Crippen LogP contribution in [0.25, 0.3) is 0 Å². The van der Waals surface area contributed by atoms with Crippen molar-refractivity contribution in [3.8, 4) is 11.6 Å². The molecule has 1 aromatic heterocycles. The Morgan fingerprint density at radius 1 is 1.45 bits per heavy atom. The Morgan fingerprint density at radius 3 is 2.45 bits per heavy atom. The maximum absolute atomic E-state index is 12.7. The summed E-state index contributed by atoms with van der Waals surface area (Å²) in [6.45, 7) is 0. The summed E-state index contributed by atoms with van der Waals surface area (Å²) < 4.78 is 70.3. The van der Waals surface area contributed by atoms with Crippen LogP contribution >= 0.6 is 0 Å². The van der Waals surface area contributed by atoms with Crippen LogP contribution in [0.5, 0.6) is 11.6 Å². The molecule has 0 unspecified atom stereocenters. The van der Waals surface area contributed by atoms with Gasteiger partial charge in [0.1, 0.15) is 0 Å². The molecular weight excluding hydrogens is 293 g/mol. The van der Waals surface area contributed by atoms with Gasteiger partial charge in [-0.15, -0.1) is 13.2 Å². The zero-order valence-corrected chi connectivity index (χ0v) is 9.87. The van der Waals surface area contributed by atoms with Crippen LogP contribution in [0.1, 0.15) is 17.6 Å². The fourth-order valence-electron chi connectivity index (χ4n) is 1.41. The van der Waals surface area contributed by atoms with Crippen molar-refractivity contribution in [2.75, 3.05) is 7.11 Å². The summed E-state index contributed by atoms with van der Waals surface area (Å²) in [5.74, 6) is -3.52. The second-order valence-corrected chi connectivity index (χ2v) is 3.45. The Balaban J connectivity index is 3.46. The number of aliphatic carboxylic acids is 1. The molecule has 112 valence electrons. The van der Waals surface area contributed by atoms with Crippen molar-refractivity contribution in [2.45, 2.75) is 19.2 Å². The lowest BCUT2D eigenvalue weighted by atomic mass is 10.1. The highest BCUT2D eigenvalue weighted by atomic mass is 19.4. The first-order valence-electron chi connectivity index (χ1n) is 4.97. The molecule has 0 atom stereocenters. The number of carboxylic acid groups (broad SMARTS) is 1. The number of methoxy groups -OCH3 is 1. The largest absolute Gasteiger partial charge is 0.573 e. The van der Waals surface area contributed by atoms with Crippen LogP contribution in [0.3, 0.4) is 0 Å². The van der Waals surface area contributed by atoms with Crippen molar-refractivity contribution in [1.29, 1.82) is 0 Å². The fourth-order valence-corrected chi connectivity index (χ4v) is 1.41. The van der Waals surface area contributed by atoms with Gasteiger partial charge in [0.05, 0.1) is 13.5 Å². The maximum atomic E-state index is 12.7. The van der Waals surface area contributed by atoms with Gasteiger partial charge in [-0.2, -0.15) is 0 Å². The number of nitrogens with zero attached hydrogens (tertiary/aromatic N) is 1. The van der Waals surface area contributed by atoms with E-state index in [-0.39, 0.29) is 0 Å². The van der Waals surface area contributed by atoms with Gasteiger partial charge in [-0.25, -0.2) is 13.8 Å². The second-order valence-electron chi connectivity index (χ2n) is 3.45. The van der Waals surface area contributed by atoms with E-state index in [0.717, 1.165) is 7.11 Å². The predicted octanol–water partition coefficient (Wildman–Crippen LogP) is 2.55. The van der Waals surface area contributed by atoms with E-state index in [1.54, 1.807) is 0 Å². The standard InChI is InChI=1S/C10H8F5NO4/c1-19-9-7(20-10(13,14)15)4(2-6(17)18)5(3-16-9)8(11)12/h3,8H,2H2,1H3,(H,17,18). The van der Waals surface area contributed by atoms with Gasteiger partial charge >= 0.3 is 12.3 Å². The smallest absolute Gasteiger partial charge is 0.481 e.